The number of hydrogen-bond acceptors (Lipinski definition) is 4. The van der Waals surface area contributed by atoms with E-state index in [0.717, 1.165) is 6.07 Å². The van der Waals surface area contributed by atoms with Crippen molar-refractivity contribution in [2.45, 2.75) is 39.4 Å². The Labute approximate surface area is 133 Å². The second kappa shape index (κ2) is 6.06. The van der Waals surface area contributed by atoms with Crippen LogP contribution >= 0.6 is 0 Å². The molecule has 0 unspecified atom stereocenters. The maximum Gasteiger partial charge on any atom is 0.418 e. The highest BCUT2D eigenvalue weighted by atomic mass is 19.4. The average molecular weight is 324 g/mol. The first-order chi connectivity index (χ1) is 10.5. The molecule has 0 saturated heterocycles. The highest BCUT2D eigenvalue weighted by Crippen LogP contribution is 2.35. The van der Waals surface area contributed by atoms with Gasteiger partial charge in [-0.1, -0.05) is 12.1 Å². The van der Waals surface area contributed by atoms with E-state index < -0.39 is 11.7 Å². The summed E-state index contributed by atoms with van der Waals surface area (Å²) in [5.74, 6) is 0.672. The molecule has 23 heavy (non-hydrogen) atoms. The zero-order chi connectivity index (χ0) is 17.3. The Hall–Kier alpha value is -2.31. The largest absolute Gasteiger partial charge is 0.418 e. The van der Waals surface area contributed by atoms with Crippen molar-refractivity contribution in [3.63, 3.8) is 0 Å². The van der Waals surface area contributed by atoms with Crippen molar-refractivity contribution in [1.29, 1.82) is 0 Å². The molecule has 1 heterocycles. The van der Waals surface area contributed by atoms with Crippen LogP contribution in [0, 0.1) is 6.92 Å². The van der Waals surface area contributed by atoms with Crippen LogP contribution < -0.4 is 10.6 Å². The van der Waals surface area contributed by atoms with Crippen molar-refractivity contribution in [1.82, 2.24) is 9.97 Å². The van der Waals surface area contributed by atoms with Gasteiger partial charge in [0.25, 0.3) is 0 Å². The van der Waals surface area contributed by atoms with E-state index in [-0.39, 0.29) is 11.2 Å². The Morgan fingerprint density at radius 1 is 1.00 bits per heavy atom. The molecule has 0 aliphatic carbocycles. The third-order valence-corrected chi connectivity index (χ3v) is 2.84. The molecular formula is C16H19F3N4. The Morgan fingerprint density at radius 3 is 2.26 bits per heavy atom. The van der Waals surface area contributed by atoms with E-state index >= 15 is 0 Å². The lowest BCUT2D eigenvalue weighted by Crippen LogP contribution is -2.27. The van der Waals surface area contributed by atoms with Crippen LogP contribution in [0.2, 0.25) is 0 Å². The second-order valence-electron chi connectivity index (χ2n) is 6.26. The SMILES string of the molecule is Cc1cc(Nc2ccccc2C(F)(F)F)nc(NC(C)(C)C)n1. The predicted octanol–water partition coefficient (Wildman–Crippen LogP) is 4.76. The van der Waals surface area contributed by atoms with E-state index in [1.54, 1.807) is 19.1 Å². The number of aryl methyl sites for hydroxylation is 1. The normalized spacial score (nSPS) is 12.1. The van der Waals surface area contributed by atoms with Crippen LogP contribution in [0.4, 0.5) is 30.6 Å². The van der Waals surface area contributed by atoms with Gasteiger partial charge in [-0.2, -0.15) is 18.2 Å². The summed E-state index contributed by atoms with van der Waals surface area (Å²) in [5.41, 5.74) is -0.380. The molecule has 2 N–H and O–H groups in total. The van der Waals surface area contributed by atoms with Crippen molar-refractivity contribution < 1.29 is 13.2 Å². The van der Waals surface area contributed by atoms with Gasteiger partial charge in [0, 0.05) is 17.3 Å². The molecule has 4 nitrogen and oxygen atoms in total. The molecular weight excluding hydrogens is 305 g/mol. The van der Waals surface area contributed by atoms with Gasteiger partial charge in [0.1, 0.15) is 5.82 Å². The molecule has 1 aromatic heterocycles. The molecule has 0 amide bonds. The maximum absolute atomic E-state index is 13.0. The Bertz CT molecular complexity index is 690. The monoisotopic (exact) mass is 324 g/mol. The number of rotatable bonds is 3. The lowest BCUT2D eigenvalue weighted by molar-refractivity contribution is -0.136. The fourth-order valence-corrected chi connectivity index (χ4v) is 2.00. The van der Waals surface area contributed by atoms with E-state index in [2.05, 4.69) is 20.6 Å². The van der Waals surface area contributed by atoms with E-state index in [9.17, 15) is 13.2 Å². The summed E-state index contributed by atoms with van der Waals surface area (Å²) >= 11 is 0. The molecule has 0 bridgehead atoms. The van der Waals surface area contributed by atoms with E-state index in [0.29, 0.717) is 17.5 Å². The van der Waals surface area contributed by atoms with Crippen LogP contribution in [0.25, 0.3) is 0 Å². The number of anilines is 3. The highest BCUT2D eigenvalue weighted by Gasteiger charge is 2.33. The summed E-state index contributed by atoms with van der Waals surface area (Å²) in [5, 5.41) is 5.84. The Balaban J connectivity index is 2.35. The van der Waals surface area contributed by atoms with Gasteiger partial charge in [-0.25, -0.2) is 4.98 Å². The van der Waals surface area contributed by atoms with Crippen LogP contribution in [0.15, 0.2) is 30.3 Å². The van der Waals surface area contributed by atoms with Crippen LogP contribution in [0.3, 0.4) is 0 Å². The van der Waals surface area contributed by atoms with Gasteiger partial charge in [0.05, 0.1) is 11.3 Å². The van der Waals surface area contributed by atoms with E-state index in [1.165, 1.54) is 12.1 Å². The number of nitrogens with zero attached hydrogens (tertiary/aromatic N) is 2. The van der Waals surface area contributed by atoms with Crippen molar-refractivity contribution in [2.24, 2.45) is 0 Å². The van der Waals surface area contributed by atoms with Gasteiger partial charge in [0.15, 0.2) is 0 Å². The van der Waals surface area contributed by atoms with Gasteiger partial charge >= 0.3 is 6.18 Å². The molecule has 1 aromatic carbocycles. The number of halogens is 3. The van der Waals surface area contributed by atoms with Gasteiger partial charge in [-0.3, -0.25) is 0 Å². The highest BCUT2D eigenvalue weighted by molar-refractivity contribution is 5.62. The predicted molar refractivity (Wildman–Crippen MR) is 84.9 cm³/mol. The number of hydrogen-bond donors (Lipinski definition) is 2. The van der Waals surface area contributed by atoms with Crippen molar-refractivity contribution >= 4 is 17.5 Å². The number of alkyl halides is 3. The van der Waals surface area contributed by atoms with Crippen LogP contribution in [-0.4, -0.2) is 15.5 Å². The third-order valence-electron chi connectivity index (χ3n) is 2.84. The molecule has 0 fully saturated rings. The maximum atomic E-state index is 13.0. The molecule has 0 radical (unpaired) electrons. The quantitative estimate of drug-likeness (QED) is 0.855. The number of para-hydroxylation sites is 1. The average Bonchev–Trinajstić information content (AvgIpc) is 2.35. The van der Waals surface area contributed by atoms with Crippen molar-refractivity contribution in [3.8, 4) is 0 Å². The van der Waals surface area contributed by atoms with Crippen LogP contribution in [-0.2, 0) is 6.18 Å². The summed E-state index contributed by atoms with van der Waals surface area (Å²) in [6.45, 7) is 7.61. The van der Waals surface area contributed by atoms with Gasteiger partial charge in [-0.15, -0.1) is 0 Å². The number of aromatic nitrogens is 2. The first-order valence-electron chi connectivity index (χ1n) is 7.12. The molecule has 2 aromatic rings. The number of nitrogens with one attached hydrogen (secondary N) is 2. The number of benzene rings is 1. The van der Waals surface area contributed by atoms with Crippen molar-refractivity contribution in [2.75, 3.05) is 10.6 Å². The third kappa shape index (κ3) is 4.84. The van der Waals surface area contributed by atoms with Gasteiger partial charge < -0.3 is 10.6 Å². The smallest absolute Gasteiger partial charge is 0.350 e. The standard InChI is InChI=1S/C16H19F3N4/c1-10-9-13(22-14(20-10)23-15(2,3)4)21-12-8-6-5-7-11(12)16(17,18)19/h5-9H,1-4H3,(H2,20,21,22,23). The summed E-state index contributed by atoms with van der Waals surface area (Å²) < 4.78 is 39.1. The minimum Gasteiger partial charge on any atom is -0.350 e. The topological polar surface area (TPSA) is 49.8 Å². The lowest BCUT2D eigenvalue weighted by Gasteiger charge is -2.21. The summed E-state index contributed by atoms with van der Waals surface area (Å²) in [6, 6.07) is 6.90. The van der Waals surface area contributed by atoms with E-state index in [1.807, 2.05) is 20.8 Å². The zero-order valence-corrected chi connectivity index (χ0v) is 13.4. The second-order valence-corrected chi connectivity index (χ2v) is 6.26. The Kier molecular flexibility index (Phi) is 4.49. The molecule has 0 saturated carbocycles. The van der Waals surface area contributed by atoms with E-state index in [4.69, 9.17) is 0 Å². The summed E-state index contributed by atoms with van der Waals surface area (Å²) in [7, 11) is 0. The summed E-state index contributed by atoms with van der Waals surface area (Å²) in [4.78, 5) is 8.48. The fourth-order valence-electron chi connectivity index (χ4n) is 2.00. The molecule has 0 spiro atoms. The van der Waals surface area contributed by atoms with Crippen LogP contribution in [0.1, 0.15) is 32.0 Å². The van der Waals surface area contributed by atoms with Gasteiger partial charge in [0.2, 0.25) is 5.95 Å². The fraction of sp³-hybridized carbons (Fsp3) is 0.375. The van der Waals surface area contributed by atoms with Gasteiger partial charge in [-0.05, 0) is 39.8 Å². The minimum absolute atomic E-state index is 0.0418. The molecule has 0 atom stereocenters. The molecule has 0 aliphatic rings. The van der Waals surface area contributed by atoms with Crippen LogP contribution in [0.5, 0.6) is 0 Å². The minimum atomic E-state index is -4.43. The molecule has 0 aliphatic heterocycles. The summed E-state index contributed by atoms with van der Waals surface area (Å²) in [6.07, 6.45) is -4.43. The molecule has 2 rings (SSSR count). The van der Waals surface area contributed by atoms with Crippen molar-refractivity contribution in [3.05, 3.63) is 41.6 Å². The lowest BCUT2D eigenvalue weighted by atomic mass is 10.1. The first-order valence-corrected chi connectivity index (χ1v) is 7.12. The zero-order valence-electron chi connectivity index (χ0n) is 13.4. The first kappa shape index (κ1) is 17.1. The molecule has 7 heteroatoms. The molecule has 124 valence electrons. The Morgan fingerprint density at radius 2 is 1.65 bits per heavy atom.